The summed E-state index contributed by atoms with van der Waals surface area (Å²) in [5.41, 5.74) is 7.07. The Kier molecular flexibility index (Phi) is 4.00. The fourth-order valence-electron chi connectivity index (χ4n) is 1.48. The molecule has 0 fully saturated rings. The van der Waals surface area contributed by atoms with E-state index in [4.69, 9.17) is 5.73 Å². The van der Waals surface area contributed by atoms with Gasteiger partial charge in [0, 0.05) is 6.54 Å². The Morgan fingerprint density at radius 1 is 1.50 bits per heavy atom. The van der Waals surface area contributed by atoms with Gasteiger partial charge < -0.3 is 5.73 Å². The van der Waals surface area contributed by atoms with Crippen LogP contribution in [-0.4, -0.2) is 19.9 Å². The van der Waals surface area contributed by atoms with Crippen molar-refractivity contribution in [1.29, 1.82) is 0 Å². The van der Waals surface area contributed by atoms with Gasteiger partial charge in [-0.3, -0.25) is 0 Å². The number of aromatic nitrogens is 1. The zero-order chi connectivity index (χ0) is 13.2. The molecule has 0 aliphatic rings. The van der Waals surface area contributed by atoms with Crippen LogP contribution in [0, 0.1) is 6.92 Å². The number of nitrogens with two attached hydrogens (primary N) is 1. The summed E-state index contributed by atoms with van der Waals surface area (Å²) in [6.07, 6.45) is 0.677. The highest BCUT2D eigenvalue weighted by Crippen LogP contribution is 2.24. The van der Waals surface area contributed by atoms with E-state index in [1.54, 1.807) is 18.3 Å². The second-order valence-electron chi connectivity index (χ2n) is 3.70. The molecule has 5 nitrogen and oxygen atoms in total. The number of nitrogens with zero attached hydrogens (tertiary/aromatic N) is 1. The Balaban J connectivity index is 2.02. The van der Waals surface area contributed by atoms with Crippen LogP contribution in [0.4, 0.5) is 5.13 Å². The molecule has 0 saturated heterocycles. The highest BCUT2D eigenvalue weighted by molar-refractivity contribution is 7.91. The zero-order valence-corrected chi connectivity index (χ0v) is 12.2. The van der Waals surface area contributed by atoms with Gasteiger partial charge in [0.15, 0.2) is 9.34 Å². The Morgan fingerprint density at radius 3 is 2.83 bits per heavy atom. The number of anilines is 1. The standard InChI is InChI=1S/C10H13N3O2S3/c1-7-9(17-10(11)13-7)18(14,15)12-4-2-8-3-5-16-6-8/h3,5-6,12H,2,4H2,1H3,(H2,11,13). The van der Waals surface area contributed by atoms with Crippen LogP contribution in [0.2, 0.25) is 0 Å². The van der Waals surface area contributed by atoms with Crippen LogP contribution in [0.5, 0.6) is 0 Å². The smallest absolute Gasteiger partial charge is 0.252 e. The van der Waals surface area contributed by atoms with Crippen LogP contribution in [0.1, 0.15) is 11.3 Å². The SMILES string of the molecule is Cc1nc(N)sc1S(=O)(=O)NCCc1ccsc1. The molecule has 2 heterocycles. The predicted molar refractivity (Wildman–Crippen MR) is 74.5 cm³/mol. The van der Waals surface area contributed by atoms with Crippen molar-refractivity contribution in [1.82, 2.24) is 9.71 Å². The minimum absolute atomic E-state index is 0.199. The van der Waals surface area contributed by atoms with E-state index in [9.17, 15) is 8.42 Å². The van der Waals surface area contributed by atoms with Crippen LogP contribution >= 0.6 is 22.7 Å². The average Bonchev–Trinajstić information content (AvgIpc) is 2.88. The summed E-state index contributed by atoms with van der Waals surface area (Å²) in [6.45, 7) is 2.01. The molecule has 18 heavy (non-hydrogen) atoms. The molecular formula is C10H13N3O2S3. The molecule has 0 radical (unpaired) electrons. The normalized spacial score (nSPS) is 11.8. The first-order valence-electron chi connectivity index (χ1n) is 5.22. The van der Waals surface area contributed by atoms with Crippen LogP contribution in [0.3, 0.4) is 0 Å². The summed E-state index contributed by atoms with van der Waals surface area (Å²) in [4.78, 5) is 3.91. The largest absolute Gasteiger partial charge is 0.375 e. The third kappa shape index (κ3) is 3.08. The van der Waals surface area contributed by atoms with Gasteiger partial charge in [-0.25, -0.2) is 18.1 Å². The molecule has 0 aromatic carbocycles. The van der Waals surface area contributed by atoms with Crippen molar-refractivity contribution in [2.75, 3.05) is 12.3 Å². The number of nitrogen functional groups attached to an aromatic ring is 1. The Morgan fingerprint density at radius 2 is 2.28 bits per heavy atom. The topological polar surface area (TPSA) is 85.1 Å². The van der Waals surface area contributed by atoms with Crippen molar-refractivity contribution in [2.45, 2.75) is 17.6 Å². The molecule has 0 aliphatic carbocycles. The third-order valence-corrected chi connectivity index (χ3v) is 6.09. The number of hydrogen-bond acceptors (Lipinski definition) is 6. The maximum atomic E-state index is 12.0. The number of hydrogen-bond donors (Lipinski definition) is 2. The van der Waals surface area contributed by atoms with E-state index in [-0.39, 0.29) is 9.34 Å². The average molecular weight is 303 g/mol. The fourth-order valence-corrected chi connectivity index (χ4v) is 4.56. The van der Waals surface area contributed by atoms with Gasteiger partial charge in [0.2, 0.25) is 0 Å². The van der Waals surface area contributed by atoms with E-state index in [1.807, 2.05) is 16.8 Å². The van der Waals surface area contributed by atoms with Crippen molar-refractivity contribution >= 4 is 37.8 Å². The second-order valence-corrected chi connectivity index (χ2v) is 7.48. The molecule has 0 spiro atoms. The number of nitrogens with one attached hydrogen (secondary N) is 1. The molecule has 0 atom stereocenters. The fraction of sp³-hybridized carbons (Fsp3) is 0.300. The van der Waals surface area contributed by atoms with Crippen molar-refractivity contribution in [3.63, 3.8) is 0 Å². The molecule has 2 aromatic heterocycles. The lowest BCUT2D eigenvalue weighted by molar-refractivity contribution is 0.583. The number of thiophene rings is 1. The zero-order valence-electron chi connectivity index (χ0n) is 9.71. The van der Waals surface area contributed by atoms with Gasteiger partial charge in [0.1, 0.15) is 0 Å². The van der Waals surface area contributed by atoms with E-state index in [1.165, 1.54) is 0 Å². The highest BCUT2D eigenvalue weighted by atomic mass is 32.2. The first-order chi connectivity index (χ1) is 8.49. The van der Waals surface area contributed by atoms with Crippen molar-refractivity contribution in [3.05, 3.63) is 28.1 Å². The summed E-state index contributed by atoms with van der Waals surface area (Å²) in [7, 11) is -3.49. The van der Waals surface area contributed by atoms with Gasteiger partial charge in [-0.05, 0) is 35.7 Å². The summed E-state index contributed by atoms with van der Waals surface area (Å²) in [5.74, 6) is 0. The molecule has 98 valence electrons. The predicted octanol–water partition coefficient (Wildman–Crippen LogP) is 1.62. The lowest BCUT2D eigenvalue weighted by Gasteiger charge is -2.04. The molecule has 0 saturated carbocycles. The van der Waals surface area contributed by atoms with Crippen LogP contribution < -0.4 is 10.5 Å². The minimum Gasteiger partial charge on any atom is -0.375 e. The van der Waals surface area contributed by atoms with Gasteiger partial charge in [-0.1, -0.05) is 11.3 Å². The number of rotatable bonds is 5. The van der Waals surface area contributed by atoms with Gasteiger partial charge >= 0.3 is 0 Å². The third-order valence-electron chi connectivity index (χ3n) is 2.30. The molecule has 0 amide bonds. The van der Waals surface area contributed by atoms with Crippen LogP contribution in [-0.2, 0) is 16.4 Å². The molecular weight excluding hydrogens is 290 g/mol. The van der Waals surface area contributed by atoms with E-state index < -0.39 is 10.0 Å². The lowest BCUT2D eigenvalue weighted by atomic mass is 10.2. The van der Waals surface area contributed by atoms with Crippen LogP contribution in [0.15, 0.2) is 21.0 Å². The minimum atomic E-state index is -3.49. The molecule has 3 N–H and O–H groups in total. The molecule has 8 heteroatoms. The number of thiazole rings is 1. The molecule has 0 unspecified atom stereocenters. The first kappa shape index (κ1) is 13.5. The van der Waals surface area contributed by atoms with Crippen molar-refractivity contribution < 1.29 is 8.42 Å². The maximum absolute atomic E-state index is 12.0. The lowest BCUT2D eigenvalue weighted by Crippen LogP contribution is -2.25. The van der Waals surface area contributed by atoms with Gasteiger partial charge in [0.05, 0.1) is 5.69 Å². The Bertz CT molecular complexity index is 617. The van der Waals surface area contributed by atoms with Crippen molar-refractivity contribution in [2.24, 2.45) is 0 Å². The summed E-state index contributed by atoms with van der Waals surface area (Å²) in [5, 5.41) is 4.24. The summed E-state index contributed by atoms with van der Waals surface area (Å²) in [6, 6.07) is 1.98. The molecule has 0 aliphatic heterocycles. The monoisotopic (exact) mass is 303 g/mol. The Labute approximate surface area is 114 Å². The maximum Gasteiger partial charge on any atom is 0.252 e. The molecule has 2 aromatic rings. The van der Waals surface area contributed by atoms with Gasteiger partial charge in [0.25, 0.3) is 10.0 Å². The molecule has 2 rings (SSSR count). The molecule has 0 bridgehead atoms. The Hall–Kier alpha value is -0.960. The second kappa shape index (κ2) is 5.35. The van der Waals surface area contributed by atoms with E-state index >= 15 is 0 Å². The summed E-state index contributed by atoms with van der Waals surface area (Å²) >= 11 is 2.59. The van der Waals surface area contributed by atoms with Gasteiger partial charge in [-0.2, -0.15) is 11.3 Å². The van der Waals surface area contributed by atoms with Crippen LogP contribution in [0.25, 0.3) is 0 Å². The van der Waals surface area contributed by atoms with E-state index in [2.05, 4.69) is 9.71 Å². The van der Waals surface area contributed by atoms with Crippen molar-refractivity contribution in [3.8, 4) is 0 Å². The quantitative estimate of drug-likeness (QED) is 0.879. The van der Waals surface area contributed by atoms with Gasteiger partial charge in [-0.15, -0.1) is 0 Å². The number of aryl methyl sites for hydroxylation is 1. The summed E-state index contributed by atoms with van der Waals surface area (Å²) < 4.78 is 26.8. The number of sulfonamides is 1. The first-order valence-corrected chi connectivity index (χ1v) is 8.47. The van der Waals surface area contributed by atoms with E-state index in [0.29, 0.717) is 18.7 Å². The van der Waals surface area contributed by atoms with E-state index in [0.717, 1.165) is 16.9 Å². The highest BCUT2D eigenvalue weighted by Gasteiger charge is 2.20.